The molecule has 2 amide bonds. The molecule has 0 aliphatic heterocycles. The Kier molecular flexibility index (Phi) is 5.86. The lowest BCUT2D eigenvalue weighted by Gasteiger charge is -2.21. The van der Waals surface area contributed by atoms with Gasteiger partial charge in [-0.15, -0.1) is 0 Å². The van der Waals surface area contributed by atoms with Crippen molar-refractivity contribution in [2.24, 2.45) is 0 Å². The van der Waals surface area contributed by atoms with Gasteiger partial charge in [-0.1, -0.05) is 30.3 Å². The van der Waals surface area contributed by atoms with Gasteiger partial charge in [0, 0.05) is 32.1 Å². The lowest BCUT2D eigenvalue weighted by atomic mass is 10.2. The number of rotatable bonds is 6. The van der Waals surface area contributed by atoms with Crippen LogP contribution in [0.25, 0.3) is 0 Å². The molecule has 0 unspecified atom stereocenters. The molecule has 120 valence electrons. The van der Waals surface area contributed by atoms with Crippen molar-refractivity contribution in [3.05, 3.63) is 71.5 Å². The van der Waals surface area contributed by atoms with Crippen LogP contribution in [0.3, 0.4) is 0 Å². The Morgan fingerprint density at radius 2 is 1.70 bits per heavy atom. The van der Waals surface area contributed by atoms with Crippen LogP contribution in [0.4, 0.5) is 4.39 Å². The summed E-state index contributed by atoms with van der Waals surface area (Å²) < 4.78 is 12.8. The van der Waals surface area contributed by atoms with Crippen LogP contribution in [0.5, 0.6) is 0 Å². The van der Waals surface area contributed by atoms with Crippen LogP contribution in [0.2, 0.25) is 0 Å². The monoisotopic (exact) mass is 314 g/mol. The van der Waals surface area contributed by atoms with E-state index in [0.717, 1.165) is 5.56 Å². The topological polar surface area (TPSA) is 49.4 Å². The smallest absolute Gasteiger partial charge is 0.251 e. The largest absolute Gasteiger partial charge is 0.350 e. The summed E-state index contributed by atoms with van der Waals surface area (Å²) >= 11 is 0. The van der Waals surface area contributed by atoms with Gasteiger partial charge >= 0.3 is 0 Å². The predicted octanol–water partition coefficient (Wildman–Crippen LogP) is 2.60. The van der Waals surface area contributed by atoms with Crippen molar-refractivity contribution in [3.63, 3.8) is 0 Å². The van der Waals surface area contributed by atoms with Crippen molar-refractivity contribution >= 4 is 11.8 Å². The van der Waals surface area contributed by atoms with Crippen LogP contribution in [-0.4, -0.2) is 29.8 Å². The Bertz CT molecular complexity index is 656. The maximum atomic E-state index is 12.8. The van der Waals surface area contributed by atoms with E-state index in [9.17, 15) is 14.0 Å². The number of hydrogen-bond acceptors (Lipinski definition) is 2. The number of nitrogens with one attached hydrogen (secondary N) is 1. The molecule has 0 spiro atoms. The molecular weight excluding hydrogens is 295 g/mol. The molecule has 0 saturated heterocycles. The number of benzene rings is 2. The zero-order valence-electron chi connectivity index (χ0n) is 13.0. The lowest BCUT2D eigenvalue weighted by Crippen LogP contribution is -2.37. The van der Waals surface area contributed by atoms with Gasteiger partial charge in [-0.05, 0) is 29.8 Å². The highest BCUT2D eigenvalue weighted by Gasteiger charge is 2.10. The molecule has 1 N–H and O–H groups in total. The fourth-order valence-corrected chi connectivity index (χ4v) is 2.16. The zero-order chi connectivity index (χ0) is 16.7. The summed E-state index contributed by atoms with van der Waals surface area (Å²) in [6, 6.07) is 15.0. The third kappa shape index (κ3) is 5.21. The fraction of sp³-hybridized carbons (Fsp3) is 0.222. The Labute approximate surface area is 134 Å². The van der Waals surface area contributed by atoms with Crippen molar-refractivity contribution in [3.8, 4) is 0 Å². The lowest BCUT2D eigenvalue weighted by molar-refractivity contribution is -0.129. The minimum Gasteiger partial charge on any atom is -0.350 e. The van der Waals surface area contributed by atoms with E-state index in [1.54, 1.807) is 4.90 Å². The average Bonchev–Trinajstić information content (AvgIpc) is 2.55. The molecule has 2 aromatic carbocycles. The number of amides is 2. The maximum Gasteiger partial charge on any atom is 0.251 e. The van der Waals surface area contributed by atoms with Crippen molar-refractivity contribution in [2.45, 2.75) is 13.5 Å². The first-order valence-electron chi connectivity index (χ1n) is 7.39. The quantitative estimate of drug-likeness (QED) is 0.891. The van der Waals surface area contributed by atoms with Gasteiger partial charge in [0.25, 0.3) is 5.91 Å². The third-order valence-electron chi connectivity index (χ3n) is 3.44. The van der Waals surface area contributed by atoms with Gasteiger partial charge in [0.1, 0.15) is 5.82 Å². The van der Waals surface area contributed by atoms with Crippen LogP contribution in [-0.2, 0) is 11.3 Å². The van der Waals surface area contributed by atoms with Crippen LogP contribution in [0, 0.1) is 5.82 Å². The Hall–Kier alpha value is -2.69. The van der Waals surface area contributed by atoms with E-state index in [1.807, 2.05) is 30.3 Å². The maximum absolute atomic E-state index is 12.8. The van der Waals surface area contributed by atoms with Crippen LogP contribution < -0.4 is 5.32 Å². The molecular formula is C18H19FN2O2. The summed E-state index contributed by atoms with van der Waals surface area (Å²) in [7, 11) is 0. The van der Waals surface area contributed by atoms with Crippen molar-refractivity contribution < 1.29 is 14.0 Å². The van der Waals surface area contributed by atoms with Crippen molar-refractivity contribution in [1.29, 1.82) is 0 Å². The van der Waals surface area contributed by atoms with Gasteiger partial charge in [0.05, 0.1) is 0 Å². The third-order valence-corrected chi connectivity index (χ3v) is 3.44. The first-order chi connectivity index (χ1) is 11.1. The normalized spacial score (nSPS) is 10.2. The minimum atomic E-state index is -0.382. The Morgan fingerprint density at radius 3 is 2.30 bits per heavy atom. The minimum absolute atomic E-state index is 0.0510. The van der Waals surface area contributed by atoms with Crippen LogP contribution in [0.1, 0.15) is 22.8 Å². The molecule has 2 rings (SSSR count). The van der Waals surface area contributed by atoms with Crippen molar-refractivity contribution in [2.75, 3.05) is 13.1 Å². The first-order valence-corrected chi connectivity index (χ1v) is 7.39. The highest BCUT2D eigenvalue weighted by Crippen LogP contribution is 2.05. The molecule has 0 aliphatic carbocycles. The number of halogens is 1. The first kappa shape index (κ1) is 16.7. The number of nitrogens with zero attached hydrogens (tertiary/aromatic N) is 1. The van der Waals surface area contributed by atoms with Crippen LogP contribution in [0.15, 0.2) is 54.6 Å². The van der Waals surface area contributed by atoms with E-state index in [2.05, 4.69) is 5.32 Å². The molecule has 4 nitrogen and oxygen atoms in total. The van der Waals surface area contributed by atoms with Gasteiger partial charge < -0.3 is 10.2 Å². The standard InChI is InChI=1S/C18H19FN2O2/c1-14(22)21(13-15-5-3-2-4-6-15)12-11-20-18(23)16-7-9-17(19)10-8-16/h2-10H,11-13H2,1H3,(H,20,23). The van der Waals surface area contributed by atoms with Gasteiger partial charge in [0.15, 0.2) is 0 Å². The molecule has 0 fully saturated rings. The molecule has 0 bridgehead atoms. The van der Waals surface area contributed by atoms with E-state index in [0.29, 0.717) is 25.2 Å². The fourth-order valence-electron chi connectivity index (χ4n) is 2.16. The molecule has 0 aromatic heterocycles. The van der Waals surface area contributed by atoms with Gasteiger partial charge in [-0.25, -0.2) is 4.39 Å². The van der Waals surface area contributed by atoms with Crippen LogP contribution >= 0.6 is 0 Å². The van der Waals surface area contributed by atoms with E-state index >= 15 is 0 Å². The van der Waals surface area contributed by atoms with E-state index in [-0.39, 0.29) is 17.6 Å². The van der Waals surface area contributed by atoms with E-state index in [4.69, 9.17) is 0 Å². The number of carbonyl (C=O) groups excluding carboxylic acids is 2. The zero-order valence-corrected chi connectivity index (χ0v) is 13.0. The van der Waals surface area contributed by atoms with Gasteiger partial charge in [-0.3, -0.25) is 9.59 Å². The molecule has 2 aromatic rings. The summed E-state index contributed by atoms with van der Waals surface area (Å²) in [5.41, 5.74) is 1.43. The predicted molar refractivity (Wildman–Crippen MR) is 86.3 cm³/mol. The number of carbonyl (C=O) groups is 2. The Morgan fingerprint density at radius 1 is 1.04 bits per heavy atom. The molecule has 0 radical (unpaired) electrons. The average molecular weight is 314 g/mol. The summed E-state index contributed by atoms with van der Waals surface area (Å²) in [5.74, 6) is -0.717. The van der Waals surface area contributed by atoms with Crippen molar-refractivity contribution in [1.82, 2.24) is 10.2 Å². The number of hydrogen-bond donors (Lipinski definition) is 1. The van der Waals surface area contributed by atoms with E-state index in [1.165, 1.54) is 31.2 Å². The summed E-state index contributed by atoms with van der Waals surface area (Å²) in [6.45, 7) is 2.76. The second-order valence-corrected chi connectivity index (χ2v) is 5.19. The second kappa shape index (κ2) is 8.08. The van der Waals surface area contributed by atoms with E-state index < -0.39 is 0 Å². The summed E-state index contributed by atoms with van der Waals surface area (Å²) in [6.07, 6.45) is 0. The second-order valence-electron chi connectivity index (χ2n) is 5.19. The highest BCUT2D eigenvalue weighted by molar-refractivity contribution is 5.94. The molecule has 23 heavy (non-hydrogen) atoms. The molecule has 5 heteroatoms. The Balaban J connectivity index is 1.85. The molecule has 0 heterocycles. The summed E-state index contributed by atoms with van der Waals surface area (Å²) in [4.78, 5) is 25.3. The summed E-state index contributed by atoms with van der Waals surface area (Å²) in [5, 5.41) is 2.73. The van der Waals surface area contributed by atoms with Gasteiger partial charge in [0.2, 0.25) is 5.91 Å². The van der Waals surface area contributed by atoms with Gasteiger partial charge in [-0.2, -0.15) is 0 Å². The molecule has 0 atom stereocenters. The SMILES string of the molecule is CC(=O)N(CCNC(=O)c1ccc(F)cc1)Cc1ccccc1. The molecule has 0 saturated carbocycles. The molecule has 0 aliphatic rings. The highest BCUT2D eigenvalue weighted by atomic mass is 19.1.